The van der Waals surface area contributed by atoms with Crippen molar-refractivity contribution in [2.75, 3.05) is 7.11 Å². The molecule has 2 nitrogen and oxygen atoms in total. The van der Waals surface area contributed by atoms with Crippen LogP contribution in [0.25, 0.3) is 0 Å². The molecule has 0 N–H and O–H groups in total. The maximum absolute atomic E-state index is 12.7. The lowest BCUT2D eigenvalue weighted by molar-refractivity contribution is 0.103. The number of rotatable bonds is 3. The fraction of sp³-hybridized carbons (Fsp3) is 0.278. The van der Waals surface area contributed by atoms with Crippen molar-refractivity contribution in [3.8, 4) is 5.75 Å². The van der Waals surface area contributed by atoms with Crippen LogP contribution in [0.2, 0.25) is 5.02 Å². The van der Waals surface area contributed by atoms with Crippen molar-refractivity contribution in [1.29, 1.82) is 0 Å². The van der Waals surface area contributed by atoms with Gasteiger partial charge in [-0.2, -0.15) is 0 Å². The van der Waals surface area contributed by atoms with E-state index in [-0.39, 0.29) is 5.78 Å². The third-order valence-electron chi connectivity index (χ3n) is 4.02. The van der Waals surface area contributed by atoms with Gasteiger partial charge < -0.3 is 4.74 Å². The van der Waals surface area contributed by atoms with Crippen LogP contribution in [0.1, 0.15) is 39.9 Å². The van der Waals surface area contributed by atoms with Gasteiger partial charge in [-0.25, -0.2) is 0 Å². The smallest absolute Gasteiger partial charge is 0.196 e. The van der Waals surface area contributed by atoms with Crippen LogP contribution in [0, 0.1) is 0 Å². The molecule has 0 atom stereocenters. The van der Waals surface area contributed by atoms with E-state index in [4.69, 9.17) is 16.3 Å². The molecule has 0 amide bonds. The van der Waals surface area contributed by atoms with Crippen molar-refractivity contribution in [2.24, 2.45) is 0 Å². The SMILES string of the molecule is COc1cc(Cl)ccc1C(=O)c1ccc2c(c1)CCCC2. The molecule has 0 spiro atoms. The highest BCUT2D eigenvalue weighted by atomic mass is 35.5. The number of aryl methyl sites for hydroxylation is 2. The highest BCUT2D eigenvalue weighted by Crippen LogP contribution is 2.28. The van der Waals surface area contributed by atoms with Crippen molar-refractivity contribution < 1.29 is 9.53 Å². The van der Waals surface area contributed by atoms with Crippen molar-refractivity contribution in [1.82, 2.24) is 0 Å². The summed E-state index contributed by atoms with van der Waals surface area (Å²) in [6, 6.07) is 11.2. The summed E-state index contributed by atoms with van der Waals surface area (Å²) in [4.78, 5) is 12.7. The fourth-order valence-electron chi connectivity index (χ4n) is 2.88. The monoisotopic (exact) mass is 300 g/mol. The molecule has 21 heavy (non-hydrogen) atoms. The predicted octanol–water partition coefficient (Wildman–Crippen LogP) is 4.46. The molecule has 0 aromatic heterocycles. The number of ether oxygens (including phenoxy) is 1. The van der Waals surface area contributed by atoms with E-state index in [1.807, 2.05) is 12.1 Å². The van der Waals surface area contributed by atoms with E-state index in [2.05, 4.69) is 6.07 Å². The Balaban J connectivity index is 1.99. The van der Waals surface area contributed by atoms with Gasteiger partial charge in [0.2, 0.25) is 0 Å². The lowest BCUT2D eigenvalue weighted by atomic mass is 9.89. The van der Waals surface area contributed by atoms with Gasteiger partial charge in [-0.05, 0) is 61.1 Å². The molecular weight excluding hydrogens is 284 g/mol. The molecule has 0 saturated carbocycles. The molecule has 0 fully saturated rings. The first kappa shape index (κ1) is 14.2. The molecule has 1 aliphatic rings. The average Bonchev–Trinajstić information content (AvgIpc) is 2.53. The molecule has 3 heteroatoms. The van der Waals surface area contributed by atoms with E-state index < -0.39 is 0 Å². The summed E-state index contributed by atoms with van der Waals surface area (Å²) in [6.07, 6.45) is 4.63. The summed E-state index contributed by atoms with van der Waals surface area (Å²) in [5, 5.41) is 0.564. The topological polar surface area (TPSA) is 26.3 Å². The van der Waals surface area contributed by atoms with Crippen LogP contribution in [0.4, 0.5) is 0 Å². The number of hydrogen-bond donors (Lipinski definition) is 0. The zero-order valence-corrected chi connectivity index (χ0v) is 12.7. The number of fused-ring (bicyclic) bond motifs is 1. The van der Waals surface area contributed by atoms with Gasteiger partial charge in [-0.15, -0.1) is 0 Å². The Labute approximate surface area is 129 Å². The molecule has 0 heterocycles. The highest BCUT2D eigenvalue weighted by Gasteiger charge is 2.17. The van der Waals surface area contributed by atoms with E-state index in [1.54, 1.807) is 25.3 Å². The minimum atomic E-state index is -0.0168. The number of carbonyl (C=O) groups excluding carboxylic acids is 1. The van der Waals surface area contributed by atoms with Crippen LogP contribution in [0.3, 0.4) is 0 Å². The molecule has 0 unspecified atom stereocenters. The molecule has 0 bridgehead atoms. The number of ketones is 1. The minimum Gasteiger partial charge on any atom is -0.496 e. The number of halogens is 1. The highest BCUT2D eigenvalue weighted by molar-refractivity contribution is 6.31. The molecule has 0 radical (unpaired) electrons. The largest absolute Gasteiger partial charge is 0.496 e. The predicted molar refractivity (Wildman–Crippen MR) is 84.5 cm³/mol. The molecule has 1 aliphatic carbocycles. The second kappa shape index (κ2) is 5.90. The number of methoxy groups -OCH3 is 1. The van der Waals surface area contributed by atoms with Gasteiger partial charge in [0.05, 0.1) is 12.7 Å². The molecular formula is C18H17ClO2. The van der Waals surface area contributed by atoms with Crippen LogP contribution in [-0.4, -0.2) is 12.9 Å². The van der Waals surface area contributed by atoms with Gasteiger partial charge in [0.1, 0.15) is 5.75 Å². The van der Waals surface area contributed by atoms with E-state index in [0.717, 1.165) is 18.4 Å². The molecule has 0 aliphatic heterocycles. The standard InChI is InChI=1S/C18H17ClO2/c1-21-17-11-15(19)8-9-16(17)18(20)14-7-6-12-4-2-3-5-13(12)10-14/h6-11H,2-5H2,1H3. The maximum atomic E-state index is 12.7. The van der Waals surface area contributed by atoms with Gasteiger partial charge in [0.15, 0.2) is 5.78 Å². The number of hydrogen-bond acceptors (Lipinski definition) is 2. The van der Waals surface area contributed by atoms with Crippen LogP contribution in [-0.2, 0) is 12.8 Å². The molecule has 2 aromatic carbocycles. The van der Waals surface area contributed by atoms with Crippen LogP contribution in [0.5, 0.6) is 5.75 Å². The third-order valence-corrected chi connectivity index (χ3v) is 4.25. The van der Waals surface area contributed by atoms with Crippen molar-refractivity contribution in [3.63, 3.8) is 0 Å². The first-order valence-electron chi connectivity index (χ1n) is 7.19. The van der Waals surface area contributed by atoms with Crippen LogP contribution in [0.15, 0.2) is 36.4 Å². The average molecular weight is 301 g/mol. The van der Waals surface area contributed by atoms with Crippen LogP contribution < -0.4 is 4.74 Å². The summed E-state index contributed by atoms with van der Waals surface area (Å²) in [6.45, 7) is 0. The van der Waals surface area contributed by atoms with Crippen molar-refractivity contribution in [2.45, 2.75) is 25.7 Å². The van der Waals surface area contributed by atoms with Crippen molar-refractivity contribution in [3.05, 3.63) is 63.7 Å². The van der Waals surface area contributed by atoms with Crippen molar-refractivity contribution >= 4 is 17.4 Å². The van der Waals surface area contributed by atoms with Gasteiger partial charge in [-0.3, -0.25) is 4.79 Å². The molecule has 108 valence electrons. The summed E-state index contributed by atoms with van der Waals surface area (Å²) < 4.78 is 5.28. The Hall–Kier alpha value is -1.80. The normalized spacial score (nSPS) is 13.6. The Morgan fingerprint density at radius 2 is 1.81 bits per heavy atom. The molecule has 0 saturated heterocycles. The Morgan fingerprint density at radius 3 is 2.57 bits per heavy atom. The zero-order chi connectivity index (χ0) is 14.8. The van der Waals surface area contributed by atoms with Gasteiger partial charge in [0.25, 0.3) is 0 Å². The second-order valence-electron chi connectivity index (χ2n) is 5.36. The Bertz CT molecular complexity index is 692. The summed E-state index contributed by atoms with van der Waals surface area (Å²) in [7, 11) is 1.55. The number of benzene rings is 2. The fourth-order valence-corrected chi connectivity index (χ4v) is 3.04. The van der Waals surface area contributed by atoms with E-state index in [9.17, 15) is 4.79 Å². The summed E-state index contributed by atoms with van der Waals surface area (Å²) in [5.41, 5.74) is 3.95. The lowest BCUT2D eigenvalue weighted by Crippen LogP contribution is -2.08. The van der Waals surface area contributed by atoms with Gasteiger partial charge in [0, 0.05) is 10.6 Å². The van der Waals surface area contributed by atoms with E-state index in [0.29, 0.717) is 16.3 Å². The Kier molecular flexibility index (Phi) is 3.98. The first-order valence-corrected chi connectivity index (χ1v) is 7.57. The molecule has 2 aromatic rings. The van der Waals surface area contributed by atoms with E-state index >= 15 is 0 Å². The van der Waals surface area contributed by atoms with E-state index in [1.165, 1.54) is 24.0 Å². The number of carbonyl (C=O) groups is 1. The minimum absolute atomic E-state index is 0.0168. The first-order chi connectivity index (χ1) is 10.2. The quantitative estimate of drug-likeness (QED) is 0.782. The molecule has 3 rings (SSSR count). The zero-order valence-electron chi connectivity index (χ0n) is 12.0. The van der Waals surface area contributed by atoms with Gasteiger partial charge >= 0.3 is 0 Å². The van der Waals surface area contributed by atoms with Gasteiger partial charge in [-0.1, -0.05) is 23.7 Å². The summed E-state index contributed by atoms with van der Waals surface area (Å²) in [5.74, 6) is 0.502. The maximum Gasteiger partial charge on any atom is 0.196 e. The second-order valence-corrected chi connectivity index (χ2v) is 5.80. The lowest BCUT2D eigenvalue weighted by Gasteiger charge is -2.16. The summed E-state index contributed by atoms with van der Waals surface area (Å²) >= 11 is 5.95. The third kappa shape index (κ3) is 2.81. The Morgan fingerprint density at radius 1 is 1.05 bits per heavy atom. The van der Waals surface area contributed by atoms with Crippen LogP contribution >= 0.6 is 11.6 Å².